The first-order valence-corrected chi connectivity index (χ1v) is 8.51. The largest absolute Gasteiger partial charge is 0.393 e. The number of hydrogen-bond acceptors (Lipinski definition) is 4. The Labute approximate surface area is 134 Å². The van der Waals surface area contributed by atoms with Gasteiger partial charge in [0.25, 0.3) is 5.91 Å². The van der Waals surface area contributed by atoms with Crippen LogP contribution in [0.15, 0.2) is 29.6 Å². The molecule has 4 nitrogen and oxygen atoms in total. The summed E-state index contributed by atoms with van der Waals surface area (Å²) in [6.07, 6.45) is 3.04. The van der Waals surface area contributed by atoms with Gasteiger partial charge in [-0.05, 0) is 44.7 Å². The zero-order chi connectivity index (χ0) is 15.5. The van der Waals surface area contributed by atoms with E-state index >= 15 is 0 Å². The summed E-state index contributed by atoms with van der Waals surface area (Å²) in [4.78, 5) is 16.7. The molecule has 0 radical (unpaired) electrons. The molecule has 0 aliphatic heterocycles. The number of benzene rings is 1. The van der Waals surface area contributed by atoms with Crippen molar-refractivity contribution < 1.29 is 9.90 Å². The summed E-state index contributed by atoms with van der Waals surface area (Å²) in [5, 5.41) is 15.6. The van der Waals surface area contributed by atoms with E-state index in [-0.39, 0.29) is 18.1 Å². The SMILES string of the molecule is Cc1csc(-c2ccc(C(=O)NC3CCC(O)CC3)cc2)n1. The lowest BCUT2D eigenvalue weighted by molar-refractivity contribution is 0.0867. The zero-order valence-electron chi connectivity index (χ0n) is 12.6. The van der Waals surface area contributed by atoms with Gasteiger partial charge in [0.1, 0.15) is 5.01 Å². The maximum Gasteiger partial charge on any atom is 0.251 e. The van der Waals surface area contributed by atoms with Crippen LogP contribution < -0.4 is 5.32 Å². The fraction of sp³-hybridized carbons (Fsp3) is 0.412. The van der Waals surface area contributed by atoms with E-state index in [4.69, 9.17) is 0 Å². The first-order chi connectivity index (χ1) is 10.6. The summed E-state index contributed by atoms with van der Waals surface area (Å²) < 4.78 is 0. The van der Waals surface area contributed by atoms with Crippen LogP contribution >= 0.6 is 11.3 Å². The van der Waals surface area contributed by atoms with Crippen molar-refractivity contribution in [2.45, 2.75) is 44.8 Å². The molecule has 1 aromatic heterocycles. The van der Waals surface area contributed by atoms with Crippen molar-refractivity contribution in [3.8, 4) is 10.6 Å². The van der Waals surface area contributed by atoms with Gasteiger partial charge in [0.2, 0.25) is 0 Å². The quantitative estimate of drug-likeness (QED) is 0.914. The monoisotopic (exact) mass is 316 g/mol. The molecule has 22 heavy (non-hydrogen) atoms. The highest BCUT2D eigenvalue weighted by atomic mass is 32.1. The number of rotatable bonds is 3. The molecule has 0 atom stereocenters. The van der Waals surface area contributed by atoms with Crippen LogP contribution in [-0.2, 0) is 0 Å². The van der Waals surface area contributed by atoms with Crippen LogP contribution in [0, 0.1) is 6.92 Å². The third kappa shape index (κ3) is 3.54. The number of carbonyl (C=O) groups is 1. The maximum absolute atomic E-state index is 12.3. The molecular formula is C17H20N2O2S. The summed E-state index contributed by atoms with van der Waals surface area (Å²) in [7, 11) is 0. The van der Waals surface area contributed by atoms with E-state index in [9.17, 15) is 9.90 Å². The first-order valence-electron chi connectivity index (χ1n) is 7.63. The van der Waals surface area contributed by atoms with Gasteiger partial charge in [0.15, 0.2) is 0 Å². The molecule has 1 heterocycles. The molecule has 5 heteroatoms. The van der Waals surface area contributed by atoms with Crippen molar-refractivity contribution in [3.63, 3.8) is 0 Å². The minimum absolute atomic E-state index is 0.0386. The second-order valence-corrected chi connectivity index (χ2v) is 6.71. The summed E-state index contributed by atoms with van der Waals surface area (Å²) in [6.45, 7) is 1.98. The average molecular weight is 316 g/mol. The van der Waals surface area contributed by atoms with E-state index in [1.54, 1.807) is 11.3 Å². The third-order valence-electron chi connectivity index (χ3n) is 4.04. The second kappa shape index (κ2) is 6.58. The molecule has 2 N–H and O–H groups in total. The molecule has 3 rings (SSSR count). The summed E-state index contributed by atoms with van der Waals surface area (Å²) in [5.74, 6) is -0.0386. The lowest BCUT2D eigenvalue weighted by Crippen LogP contribution is -2.38. The molecular weight excluding hydrogens is 296 g/mol. The Bertz CT molecular complexity index is 643. The molecule has 116 valence electrons. The Morgan fingerprint density at radius 2 is 1.91 bits per heavy atom. The summed E-state index contributed by atoms with van der Waals surface area (Å²) in [5.41, 5.74) is 2.72. The second-order valence-electron chi connectivity index (χ2n) is 5.85. The predicted octanol–water partition coefficient (Wildman–Crippen LogP) is 3.15. The molecule has 0 unspecified atom stereocenters. The van der Waals surface area contributed by atoms with Gasteiger partial charge in [-0.2, -0.15) is 0 Å². The zero-order valence-corrected chi connectivity index (χ0v) is 13.4. The molecule has 0 spiro atoms. The number of aliphatic hydroxyl groups is 1. The maximum atomic E-state index is 12.3. The summed E-state index contributed by atoms with van der Waals surface area (Å²) in [6, 6.07) is 7.76. The van der Waals surface area contributed by atoms with Crippen molar-refractivity contribution in [3.05, 3.63) is 40.9 Å². The molecule has 1 aromatic carbocycles. The number of nitrogens with one attached hydrogen (secondary N) is 1. The number of carbonyl (C=O) groups excluding carboxylic acids is 1. The number of aryl methyl sites for hydroxylation is 1. The Morgan fingerprint density at radius 1 is 1.23 bits per heavy atom. The molecule has 1 aliphatic rings. The van der Waals surface area contributed by atoms with Gasteiger partial charge in [-0.3, -0.25) is 4.79 Å². The van der Waals surface area contributed by atoms with E-state index in [1.807, 2.05) is 36.6 Å². The fourth-order valence-electron chi connectivity index (χ4n) is 2.74. The third-order valence-corrected chi connectivity index (χ3v) is 5.05. The highest BCUT2D eigenvalue weighted by molar-refractivity contribution is 7.13. The van der Waals surface area contributed by atoms with E-state index < -0.39 is 0 Å². The van der Waals surface area contributed by atoms with Crippen LogP contribution in [0.3, 0.4) is 0 Å². The first kappa shape index (κ1) is 15.2. The Kier molecular flexibility index (Phi) is 4.55. The van der Waals surface area contributed by atoms with Gasteiger partial charge in [-0.15, -0.1) is 11.3 Å². The highest BCUT2D eigenvalue weighted by Crippen LogP contribution is 2.24. The molecule has 0 saturated heterocycles. The van der Waals surface area contributed by atoms with Crippen LogP contribution in [0.4, 0.5) is 0 Å². The minimum Gasteiger partial charge on any atom is -0.393 e. The predicted molar refractivity (Wildman–Crippen MR) is 88.0 cm³/mol. The van der Waals surface area contributed by atoms with Crippen LogP contribution in [0.5, 0.6) is 0 Å². The minimum atomic E-state index is -0.200. The van der Waals surface area contributed by atoms with E-state index in [1.165, 1.54) is 0 Å². The number of aromatic nitrogens is 1. The number of amides is 1. The van der Waals surface area contributed by atoms with Crippen molar-refractivity contribution in [2.75, 3.05) is 0 Å². The number of nitrogens with zero attached hydrogens (tertiary/aromatic N) is 1. The van der Waals surface area contributed by atoms with Crippen molar-refractivity contribution in [1.29, 1.82) is 0 Å². The molecule has 2 aromatic rings. The van der Waals surface area contributed by atoms with E-state index in [0.29, 0.717) is 5.56 Å². The molecule has 1 saturated carbocycles. The van der Waals surface area contributed by atoms with Crippen molar-refractivity contribution >= 4 is 17.2 Å². The van der Waals surface area contributed by atoms with Crippen molar-refractivity contribution in [1.82, 2.24) is 10.3 Å². The van der Waals surface area contributed by atoms with Gasteiger partial charge in [0, 0.05) is 28.2 Å². The van der Waals surface area contributed by atoms with Crippen LogP contribution in [-0.4, -0.2) is 28.1 Å². The normalized spacial score (nSPS) is 21.5. The lowest BCUT2D eigenvalue weighted by Gasteiger charge is -2.26. The molecule has 1 amide bonds. The topological polar surface area (TPSA) is 62.2 Å². The Balaban J connectivity index is 1.63. The molecule has 1 aliphatic carbocycles. The Morgan fingerprint density at radius 3 is 2.50 bits per heavy atom. The van der Waals surface area contributed by atoms with Crippen LogP contribution in [0.25, 0.3) is 10.6 Å². The van der Waals surface area contributed by atoms with Crippen LogP contribution in [0.2, 0.25) is 0 Å². The summed E-state index contributed by atoms with van der Waals surface area (Å²) >= 11 is 1.61. The number of thiazole rings is 1. The highest BCUT2D eigenvalue weighted by Gasteiger charge is 2.21. The number of aliphatic hydroxyl groups excluding tert-OH is 1. The lowest BCUT2D eigenvalue weighted by atomic mass is 9.93. The standard InChI is InChI=1S/C17H20N2O2S/c1-11-10-22-17(18-11)13-4-2-12(3-5-13)16(21)19-14-6-8-15(20)9-7-14/h2-5,10,14-15,20H,6-9H2,1H3,(H,19,21). The van der Waals surface area contributed by atoms with Gasteiger partial charge < -0.3 is 10.4 Å². The van der Waals surface area contributed by atoms with Gasteiger partial charge in [0.05, 0.1) is 6.10 Å². The van der Waals surface area contributed by atoms with E-state index in [0.717, 1.165) is 41.9 Å². The Hall–Kier alpha value is -1.72. The van der Waals surface area contributed by atoms with Gasteiger partial charge >= 0.3 is 0 Å². The average Bonchev–Trinajstić information content (AvgIpc) is 2.96. The van der Waals surface area contributed by atoms with Crippen molar-refractivity contribution in [2.24, 2.45) is 0 Å². The van der Waals surface area contributed by atoms with Gasteiger partial charge in [-0.1, -0.05) is 12.1 Å². The number of hydrogen-bond donors (Lipinski definition) is 2. The van der Waals surface area contributed by atoms with E-state index in [2.05, 4.69) is 10.3 Å². The van der Waals surface area contributed by atoms with Crippen LogP contribution in [0.1, 0.15) is 41.7 Å². The molecule has 0 bridgehead atoms. The molecule has 1 fully saturated rings. The fourth-order valence-corrected chi connectivity index (χ4v) is 3.54. The smallest absolute Gasteiger partial charge is 0.251 e. The van der Waals surface area contributed by atoms with Gasteiger partial charge in [-0.25, -0.2) is 4.98 Å².